The van der Waals surface area contributed by atoms with Gasteiger partial charge >= 0.3 is 0 Å². The lowest BCUT2D eigenvalue weighted by atomic mass is 9.70. The number of ether oxygens (including phenoxy) is 1. The van der Waals surface area contributed by atoms with Crippen LogP contribution in [0, 0.1) is 16.7 Å². The van der Waals surface area contributed by atoms with Gasteiger partial charge in [0.05, 0.1) is 6.26 Å². The highest BCUT2D eigenvalue weighted by Gasteiger charge is 2.60. The van der Waals surface area contributed by atoms with Gasteiger partial charge < -0.3 is 4.74 Å². The Labute approximate surface area is 81.2 Å². The van der Waals surface area contributed by atoms with Crippen LogP contribution < -0.4 is 0 Å². The maximum absolute atomic E-state index is 5.72. The minimum absolute atomic E-state index is 0.348. The molecule has 0 aromatic rings. The third-order valence-electron chi connectivity index (χ3n) is 4.37. The molecule has 1 nitrogen and oxygen atoms in total. The first kappa shape index (κ1) is 9.11. The number of hydrogen-bond acceptors (Lipinski definition) is 1. The zero-order valence-corrected chi connectivity index (χ0v) is 8.97. The summed E-state index contributed by atoms with van der Waals surface area (Å²) < 4.78 is 5.72. The Balaban J connectivity index is 2.28. The van der Waals surface area contributed by atoms with E-state index >= 15 is 0 Å². The van der Waals surface area contributed by atoms with Gasteiger partial charge in [-0.2, -0.15) is 0 Å². The summed E-state index contributed by atoms with van der Waals surface area (Å²) in [5.74, 6) is 0.863. The minimum Gasteiger partial charge on any atom is -0.498 e. The molecule has 3 atom stereocenters. The van der Waals surface area contributed by atoms with Crippen molar-refractivity contribution in [3.63, 3.8) is 0 Å². The molecule has 0 saturated heterocycles. The lowest BCUT2D eigenvalue weighted by molar-refractivity contribution is -0.0437. The molecule has 0 aromatic heterocycles. The van der Waals surface area contributed by atoms with Crippen LogP contribution in [-0.2, 0) is 4.74 Å². The maximum Gasteiger partial charge on any atom is 0.108 e. The quantitative estimate of drug-likeness (QED) is 0.592. The van der Waals surface area contributed by atoms with Gasteiger partial charge in [0.15, 0.2) is 0 Å². The summed E-state index contributed by atoms with van der Waals surface area (Å²) in [7, 11) is 0. The van der Waals surface area contributed by atoms with Crippen LogP contribution in [0.4, 0.5) is 0 Å². The Hall–Kier alpha value is -0.460. The van der Waals surface area contributed by atoms with Gasteiger partial charge in [0.25, 0.3) is 0 Å². The van der Waals surface area contributed by atoms with E-state index < -0.39 is 0 Å². The van der Waals surface area contributed by atoms with Crippen molar-refractivity contribution in [2.75, 3.05) is 0 Å². The molecule has 0 spiro atoms. The lowest BCUT2D eigenvalue weighted by Gasteiger charge is -2.41. The van der Waals surface area contributed by atoms with Crippen molar-refractivity contribution in [1.82, 2.24) is 0 Å². The van der Waals surface area contributed by atoms with Gasteiger partial charge in [0.1, 0.15) is 6.10 Å². The Morgan fingerprint density at radius 1 is 1.38 bits per heavy atom. The highest BCUT2D eigenvalue weighted by molar-refractivity contribution is 5.09. The molecule has 2 fully saturated rings. The average Bonchev–Trinajstić information content (AvgIpc) is 2.50. The minimum atomic E-state index is 0.348. The van der Waals surface area contributed by atoms with Gasteiger partial charge in [-0.1, -0.05) is 27.4 Å². The molecule has 2 bridgehead atoms. The fourth-order valence-electron chi connectivity index (χ4n) is 3.69. The van der Waals surface area contributed by atoms with Gasteiger partial charge in [-0.3, -0.25) is 0 Å². The van der Waals surface area contributed by atoms with E-state index in [1.54, 1.807) is 6.26 Å². The second-order valence-electron chi connectivity index (χ2n) is 5.60. The monoisotopic (exact) mass is 180 g/mol. The standard InChI is InChI=1S/C12H20O/c1-5-13-10-11(2,3)9-6-7-12(10,4)8-9/h5,9-10H,1,6-8H2,2-4H3. The molecule has 2 aliphatic carbocycles. The molecule has 0 amide bonds. The Morgan fingerprint density at radius 2 is 2.08 bits per heavy atom. The van der Waals surface area contributed by atoms with Crippen molar-refractivity contribution < 1.29 is 4.74 Å². The third-order valence-corrected chi connectivity index (χ3v) is 4.37. The van der Waals surface area contributed by atoms with E-state index in [0.29, 0.717) is 16.9 Å². The van der Waals surface area contributed by atoms with Crippen LogP contribution in [0.2, 0.25) is 0 Å². The first-order chi connectivity index (χ1) is 6.00. The van der Waals surface area contributed by atoms with Crippen LogP contribution in [0.1, 0.15) is 40.0 Å². The van der Waals surface area contributed by atoms with E-state index in [9.17, 15) is 0 Å². The normalized spacial score (nSPS) is 46.4. The molecule has 0 aliphatic heterocycles. The molecule has 0 aromatic carbocycles. The number of rotatable bonds is 2. The molecule has 0 heterocycles. The van der Waals surface area contributed by atoms with Crippen LogP contribution in [0.3, 0.4) is 0 Å². The van der Waals surface area contributed by atoms with E-state index in [1.165, 1.54) is 19.3 Å². The second-order valence-corrected chi connectivity index (χ2v) is 5.60. The SMILES string of the molecule is C=COC1C2(C)CCC(C2)C1(C)C. The number of fused-ring (bicyclic) bond motifs is 2. The van der Waals surface area contributed by atoms with Crippen molar-refractivity contribution in [1.29, 1.82) is 0 Å². The van der Waals surface area contributed by atoms with E-state index in [-0.39, 0.29) is 0 Å². The van der Waals surface area contributed by atoms with Crippen molar-refractivity contribution >= 4 is 0 Å². The smallest absolute Gasteiger partial charge is 0.108 e. The van der Waals surface area contributed by atoms with Crippen molar-refractivity contribution in [3.8, 4) is 0 Å². The molecule has 2 aliphatic rings. The van der Waals surface area contributed by atoms with Crippen LogP contribution in [0.5, 0.6) is 0 Å². The van der Waals surface area contributed by atoms with Gasteiger partial charge in [0.2, 0.25) is 0 Å². The van der Waals surface area contributed by atoms with E-state index in [1.807, 2.05) is 0 Å². The summed E-state index contributed by atoms with van der Waals surface area (Å²) in [5, 5.41) is 0. The molecule has 0 N–H and O–H groups in total. The van der Waals surface area contributed by atoms with Crippen molar-refractivity contribution in [2.24, 2.45) is 16.7 Å². The zero-order chi connectivity index (χ0) is 9.69. The predicted molar refractivity (Wildman–Crippen MR) is 54.3 cm³/mol. The maximum atomic E-state index is 5.72. The van der Waals surface area contributed by atoms with Crippen LogP contribution in [0.25, 0.3) is 0 Å². The van der Waals surface area contributed by atoms with Crippen molar-refractivity contribution in [3.05, 3.63) is 12.8 Å². The summed E-state index contributed by atoms with van der Waals surface area (Å²) >= 11 is 0. The molecule has 0 radical (unpaired) electrons. The average molecular weight is 180 g/mol. The fourth-order valence-corrected chi connectivity index (χ4v) is 3.69. The van der Waals surface area contributed by atoms with Gasteiger partial charge in [0, 0.05) is 10.8 Å². The summed E-state index contributed by atoms with van der Waals surface area (Å²) in [6.07, 6.45) is 6.08. The highest BCUT2D eigenvalue weighted by Crippen LogP contribution is 2.63. The van der Waals surface area contributed by atoms with Crippen LogP contribution in [0.15, 0.2) is 12.8 Å². The largest absolute Gasteiger partial charge is 0.498 e. The van der Waals surface area contributed by atoms with Gasteiger partial charge in [-0.05, 0) is 25.2 Å². The van der Waals surface area contributed by atoms with Gasteiger partial charge in [-0.25, -0.2) is 0 Å². The topological polar surface area (TPSA) is 9.23 Å². The van der Waals surface area contributed by atoms with E-state index in [2.05, 4.69) is 27.4 Å². The summed E-state index contributed by atoms with van der Waals surface area (Å²) in [5.41, 5.74) is 0.767. The summed E-state index contributed by atoms with van der Waals surface area (Å²) in [6, 6.07) is 0. The van der Waals surface area contributed by atoms with Gasteiger partial charge in [-0.15, -0.1) is 0 Å². The molecular formula is C12H20O. The first-order valence-electron chi connectivity index (χ1n) is 5.27. The second kappa shape index (κ2) is 2.52. The molecular weight excluding hydrogens is 160 g/mol. The summed E-state index contributed by atoms with van der Waals surface area (Å²) in [4.78, 5) is 0. The molecule has 2 saturated carbocycles. The molecule has 2 rings (SSSR count). The summed E-state index contributed by atoms with van der Waals surface area (Å²) in [6.45, 7) is 10.7. The molecule has 13 heavy (non-hydrogen) atoms. The van der Waals surface area contributed by atoms with E-state index in [0.717, 1.165) is 5.92 Å². The Morgan fingerprint density at radius 3 is 2.54 bits per heavy atom. The van der Waals surface area contributed by atoms with Crippen molar-refractivity contribution in [2.45, 2.75) is 46.1 Å². The molecule has 74 valence electrons. The van der Waals surface area contributed by atoms with Crippen LogP contribution in [-0.4, -0.2) is 6.10 Å². The fraction of sp³-hybridized carbons (Fsp3) is 0.833. The number of hydrogen-bond donors (Lipinski definition) is 0. The zero-order valence-electron chi connectivity index (χ0n) is 8.97. The first-order valence-corrected chi connectivity index (χ1v) is 5.27. The Kier molecular flexibility index (Phi) is 1.77. The predicted octanol–water partition coefficient (Wildman–Crippen LogP) is 3.36. The third kappa shape index (κ3) is 1.06. The highest BCUT2D eigenvalue weighted by atomic mass is 16.5. The van der Waals surface area contributed by atoms with E-state index in [4.69, 9.17) is 4.74 Å². The molecule has 1 heteroatoms. The Bertz CT molecular complexity index is 227. The molecule has 3 unspecified atom stereocenters. The van der Waals surface area contributed by atoms with Crippen LogP contribution >= 0.6 is 0 Å². The lowest BCUT2D eigenvalue weighted by Crippen LogP contribution is -2.41.